The van der Waals surface area contributed by atoms with Crippen LogP contribution in [0.5, 0.6) is 0 Å². The van der Waals surface area contributed by atoms with Crippen molar-refractivity contribution in [3.8, 4) is 0 Å². The third-order valence-electron chi connectivity index (χ3n) is 2.49. The van der Waals surface area contributed by atoms with E-state index in [2.05, 4.69) is 9.82 Å². The number of aromatic nitrogens is 2. The zero-order chi connectivity index (χ0) is 15.0. The van der Waals surface area contributed by atoms with Gasteiger partial charge in [0.1, 0.15) is 0 Å². The number of hydrogen-bond acceptors (Lipinski definition) is 5. The van der Waals surface area contributed by atoms with Gasteiger partial charge >= 0.3 is 0 Å². The SMILES string of the molecule is Cn1nccc1S(=O)(=O)Nc1ccc(S(N)(=O)=O)cc1. The van der Waals surface area contributed by atoms with Crippen molar-refractivity contribution in [2.24, 2.45) is 12.2 Å². The molecule has 1 heterocycles. The summed E-state index contributed by atoms with van der Waals surface area (Å²) in [5, 5.41) is 8.72. The molecule has 0 radical (unpaired) electrons. The first kappa shape index (κ1) is 14.5. The Labute approximate surface area is 116 Å². The van der Waals surface area contributed by atoms with Crippen LogP contribution in [0.25, 0.3) is 0 Å². The van der Waals surface area contributed by atoms with Crippen LogP contribution in [-0.2, 0) is 27.1 Å². The summed E-state index contributed by atoms with van der Waals surface area (Å²) in [4.78, 5) is -0.0963. The molecule has 0 fully saturated rings. The predicted molar refractivity (Wildman–Crippen MR) is 71.8 cm³/mol. The number of hydrogen-bond donors (Lipinski definition) is 2. The Hall–Kier alpha value is -1.91. The molecule has 108 valence electrons. The summed E-state index contributed by atoms with van der Waals surface area (Å²) in [5.41, 5.74) is 0.221. The van der Waals surface area contributed by atoms with Gasteiger partial charge in [-0.05, 0) is 30.3 Å². The minimum Gasteiger partial charge on any atom is -0.278 e. The topological polar surface area (TPSA) is 124 Å². The number of benzene rings is 1. The molecule has 0 atom stereocenters. The molecule has 0 aliphatic heterocycles. The summed E-state index contributed by atoms with van der Waals surface area (Å²) >= 11 is 0. The van der Waals surface area contributed by atoms with Crippen LogP contribution < -0.4 is 9.86 Å². The van der Waals surface area contributed by atoms with E-state index in [9.17, 15) is 16.8 Å². The number of nitrogens with one attached hydrogen (secondary N) is 1. The molecule has 0 aliphatic carbocycles. The zero-order valence-electron chi connectivity index (χ0n) is 10.4. The first-order valence-corrected chi connectivity index (χ1v) is 8.37. The molecule has 20 heavy (non-hydrogen) atoms. The van der Waals surface area contributed by atoms with Crippen molar-refractivity contribution in [1.82, 2.24) is 9.78 Å². The molecule has 0 unspecified atom stereocenters. The summed E-state index contributed by atoms with van der Waals surface area (Å²) in [5.74, 6) is 0. The minimum atomic E-state index is -3.80. The lowest BCUT2D eigenvalue weighted by Gasteiger charge is -2.08. The number of sulfonamides is 2. The van der Waals surface area contributed by atoms with E-state index in [1.807, 2.05) is 0 Å². The van der Waals surface area contributed by atoms with Gasteiger partial charge in [-0.15, -0.1) is 0 Å². The highest BCUT2D eigenvalue weighted by molar-refractivity contribution is 7.92. The lowest BCUT2D eigenvalue weighted by Crippen LogP contribution is -2.17. The molecular weight excluding hydrogens is 304 g/mol. The average molecular weight is 316 g/mol. The summed E-state index contributed by atoms with van der Waals surface area (Å²) in [6, 6.07) is 6.41. The van der Waals surface area contributed by atoms with E-state index in [0.29, 0.717) is 0 Å². The van der Waals surface area contributed by atoms with Crippen molar-refractivity contribution in [2.75, 3.05) is 4.72 Å². The first-order valence-electron chi connectivity index (χ1n) is 5.34. The molecule has 0 saturated carbocycles. The average Bonchev–Trinajstić information content (AvgIpc) is 2.75. The highest BCUT2D eigenvalue weighted by atomic mass is 32.2. The van der Waals surface area contributed by atoms with Crippen molar-refractivity contribution in [3.05, 3.63) is 36.5 Å². The van der Waals surface area contributed by atoms with Gasteiger partial charge in [0.2, 0.25) is 10.0 Å². The number of rotatable bonds is 4. The summed E-state index contributed by atoms with van der Waals surface area (Å²) in [7, 11) is -6.09. The first-order chi connectivity index (χ1) is 9.20. The van der Waals surface area contributed by atoms with E-state index in [1.54, 1.807) is 0 Å². The van der Waals surface area contributed by atoms with Gasteiger partial charge in [0.15, 0.2) is 5.03 Å². The van der Waals surface area contributed by atoms with Gasteiger partial charge in [-0.3, -0.25) is 9.40 Å². The van der Waals surface area contributed by atoms with E-state index in [4.69, 9.17) is 5.14 Å². The Morgan fingerprint density at radius 2 is 1.70 bits per heavy atom. The van der Waals surface area contributed by atoms with Gasteiger partial charge in [-0.25, -0.2) is 13.6 Å². The van der Waals surface area contributed by atoms with E-state index in [-0.39, 0.29) is 15.6 Å². The fourth-order valence-corrected chi connectivity index (χ4v) is 3.25. The Morgan fingerprint density at radius 3 is 2.15 bits per heavy atom. The van der Waals surface area contributed by atoms with Crippen LogP contribution in [0.1, 0.15) is 0 Å². The van der Waals surface area contributed by atoms with Gasteiger partial charge in [-0.1, -0.05) is 0 Å². The van der Waals surface area contributed by atoms with E-state index < -0.39 is 20.0 Å². The molecular formula is C10H12N4O4S2. The van der Waals surface area contributed by atoms with Gasteiger partial charge in [0, 0.05) is 12.7 Å². The lowest BCUT2D eigenvalue weighted by molar-refractivity contribution is 0.582. The molecule has 0 saturated heterocycles. The smallest absolute Gasteiger partial charge is 0.278 e. The maximum atomic E-state index is 12.1. The second kappa shape index (κ2) is 4.89. The van der Waals surface area contributed by atoms with Crippen molar-refractivity contribution < 1.29 is 16.8 Å². The molecule has 1 aromatic heterocycles. The van der Waals surface area contributed by atoms with Crippen LogP contribution >= 0.6 is 0 Å². The van der Waals surface area contributed by atoms with Crippen LogP contribution in [0.3, 0.4) is 0 Å². The van der Waals surface area contributed by atoms with Crippen LogP contribution in [-0.4, -0.2) is 26.6 Å². The molecule has 8 nitrogen and oxygen atoms in total. The van der Waals surface area contributed by atoms with Crippen molar-refractivity contribution >= 4 is 25.7 Å². The molecule has 0 amide bonds. The standard InChI is InChI=1S/C10H12N4O4S2/c1-14-10(6-7-12-14)20(17,18)13-8-2-4-9(5-3-8)19(11,15)16/h2-7,13H,1H3,(H2,11,15,16). The second-order valence-corrected chi connectivity index (χ2v) is 7.16. The van der Waals surface area contributed by atoms with Gasteiger partial charge in [0.05, 0.1) is 11.1 Å². The van der Waals surface area contributed by atoms with Gasteiger partial charge in [-0.2, -0.15) is 13.5 Å². The van der Waals surface area contributed by atoms with Crippen molar-refractivity contribution in [3.63, 3.8) is 0 Å². The van der Waals surface area contributed by atoms with Crippen molar-refractivity contribution in [1.29, 1.82) is 0 Å². The third kappa shape index (κ3) is 2.98. The predicted octanol–water partition coefficient (Wildman–Crippen LogP) is -0.132. The van der Waals surface area contributed by atoms with Crippen LogP contribution in [0.2, 0.25) is 0 Å². The Kier molecular flexibility index (Phi) is 3.54. The largest absolute Gasteiger partial charge is 0.279 e. The van der Waals surface area contributed by atoms with Crippen LogP contribution in [0.15, 0.2) is 46.5 Å². The normalized spacial score (nSPS) is 12.3. The van der Waals surface area contributed by atoms with Crippen LogP contribution in [0.4, 0.5) is 5.69 Å². The van der Waals surface area contributed by atoms with Crippen molar-refractivity contribution in [2.45, 2.75) is 9.92 Å². The van der Waals surface area contributed by atoms with E-state index in [0.717, 1.165) is 0 Å². The zero-order valence-corrected chi connectivity index (χ0v) is 12.0. The summed E-state index contributed by atoms with van der Waals surface area (Å²) < 4.78 is 49.8. The second-order valence-electron chi connectivity index (χ2n) is 3.97. The van der Waals surface area contributed by atoms with Gasteiger partial charge < -0.3 is 0 Å². The minimum absolute atomic E-state index is 0.00646. The Balaban J connectivity index is 2.29. The molecule has 0 spiro atoms. The molecule has 3 N–H and O–H groups in total. The quantitative estimate of drug-likeness (QED) is 0.813. The number of anilines is 1. The number of aryl methyl sites for hydroxylation is 1. The number of primary sulfonamides is 1. The molecule has 2 aromatic rings. The Morgan fingerprint density at radius 1 is 1.10 bits per heavy atom. The van der Waals surface area contributed by atoms with Crippen LogP contribution in [0, 0.1) is 0 Å². The summed E-state index contributed by atoms with van der Waals surface area (Å²) in [6.45, 7) is 0. The van der Waals surface area contributed by atoms with E-state index >= 15 is 0 Å². The number of nitrogens with zero attached hydrogens (tertiary/aromatic N) is 2. The molecule has 0 aliphatic rings. The maximum Gasteiger partial charge on any atom is 0.279 e. The Bertz CT molecular complexity index is 822. The molecule has 1 aromatic carbocycles. The highest BCUT2D eigenvalue weighted by Crippen LogP contribution is 2.17. The molecule has 2 rings (SSSR count). The molecule has 10 heteroatoms. The van der Waals surface area contributed by atoms with E-state index in [1.165, 1.54) is 48.3 Å². The lowest BCUT2D eigenvalue weighted by atomic mass is 10.3. The monoisotopic (exact) mass is 316 g/mol. The maximum absolute atomic E-state index is 12.1. The summed E-state index contributed by atoms with van der Waals surface area (Å²) in [6.07, 6.45) is 1.36. The fourth-order valence-electron chi connectivity index (χ4n) is 1.55. The third-order valence-corrected chi connectivity index (χ3v) is 4.87. The molecule has 0 bridgehead atoms. The fraction of sp³-hybridized carbons (Fsp3) is 0.100. The number of nitrogens with two attached hydrogens (primary N) is 1. The van der Waals surface area contributed by atoms with Gasteiger partial charge in [0.25, 0.3) is 10.0 Å². The highest BCUT2D eigenvalue weighted by Gasteiger charge is 2.18.